The fourth-order valence-corrected chi connectivity index (χ4v) is 1.38. The van der Waals surface area contributed by atoms with Crippen LogP contribution < -0.4 is 0 Å². The van der Waals surface area contributed by atoms with Crippen LogP contribution in [-0.4, -0.2) is 5.78 Å². The number of hydrogen-bond donors (Lipinski definition) is 0. The monoisotopic (exact) mass is 178 g/mol. The highest BCUT2D eigenvalue weighted by atomic mass is 19.3. The van der Waals surface area contributed by atoms with E-state index < -0.39 is 23.6 Å². The number of hydrogen-bond acceptors (Lipinski definition) is 1. The Kier molecular flexibility index (Phi) is 2.89. The third-order valence-corrected chi connectivity index (χ3v) is 2.04. The van der Waals surface area contributed by atoms with E-state index in [9.17, 15) is 18.0 Å². The van der Waals surface area contributed by atoms with Gasteiger partial charge in [0.2, 0.25) is 0 Å². The molecule has 0 spiro atoms. The molecule has 4 heteroatoms. The molecule has 1 aliphatic carbocycles. The lowest BCUT2D eigenvalue weighted by Gasteiger charge is -2.17. The molecule has 1 saturated carbocycles. The Morgan fingerprint density at radius 2 is 1.92 bits per heavy atom. The molecule has 0 bridgehead atoms. The van der Waals surface area contributed by atoms with E-state index in [-0.39, 0.29) is 12.8 Å². The van der Waals surface area contributed by atoms with Gasteiger partial charge in [-0.3, -0.25) is 4.79 Å². The van der Waals surface area contributed by atoms with E-state index in [2.05, 4.69) is 0 Å². The van der Waals surface area contributed by atoms with Crippen molar-refractivity contribution in [3.63, 3.8) is 0 Å². The number of ketones is 1. The molecule has 12 heavy (non-hydrogen) atoms. The summed E-state index contributed by atoms with van der Waals surface area (Å²) in [5.74, 6) is -3.09. The molecule has 1 fully saturated rings. The predicted octanol–water partition coefficient (Wildman–Crippen LogP) is 2.82. The Labute approximate surface area is 68.3 Å². The molecule has 1 unspecified atom stereocenters. The molecule has 0 aromatic heterocycles. The third-order valence-electron chi connectivity index (χ3n) is 2.04. The van der Waals surface area contributed by atoms with Crippen molar-refractivity contribution in [2.24, 2.45) is 5.92 Å². The topological polar surface area (TPSA) is 17.1 Å². The third kappa shape index (κ3) is 1.87. The van der Waals surface area contributed by atoms with Crippen LogP contribution >= 0.6 is 0 Å². The first kappa shape index (κ1) is 9.29. The van der Waals surface area contributed by atoms with Gasteiger partial charge < -0.3 is 0 Å². The molecule has 0 radical (unpaired) electrons. The minimum Gasteiger partial charge on any atom is -0.299 e. The molecule has 0 aromatic rings. The highest BCUT2D eigenvalue weighted by Crippen LogP contribution is 2.30. The zero-order valence-electron chi connectivity index (χ0n) is 6.45. The summed E-state index contributed by atoms with van der Waals surface area (Å²) in [6.45, 7) is 0. The van der Waals surface area contributed by atoms with E-state index in [4.69, 9.17) is 0 Å². The Morgan fingerprint density at radius 3 is 2.42 bits per heavy atom. The van der Waals surface area contributed by atoms with Crippen molar-refractivity contribution >= 4 is 5.78 Å². The maximum atomic E-state index is 12.6. The Hall–Kier alpha value is -0.800. The van der Waals surface area contributed by atoms with E-state index in [0.717, 1.165) is 0 Å². The van der Waals surface area contributed by atoms with Gasteiger partial charge in [-0.25, -0.2) is 4.39 Å². The normalized spacial score (nSPS) is 23.9. The van der Waals surface area contributed by atoms with Crippen LogP contribution in [0.4, 0.5) is 13.2 Å². The lowest BCUT2D eigenvalue weighted by Crippen LogP contribution is -2.19. The first-order chi connectivity index (χ1) is 5.63. The first-order valence-electron chi connectivity index (χ1n) is 3.86. The van der Waals surface area contributed by atoms with Gasteiger partial charge >= 0.3 is 6.08 Å². The first-order valence-corrected chi connectivity index (χ1v) is 3.86. The van der Waals surface area contributed by atoms with Crippen molar-refractivity contribution in [3.8, 4) is 0 Å². The number of allylic oxidation sites excluding steroid dienone is 1. The maximum absolute atomic E-state index is 12.6. The van der Waals surface area contributed by atoms with Crippen LogP contribution in [0.15, 0.2) is 11.9 Å². The fourth-order valence-electron chi connectivity index (χ4n) is 1.38. The average Bonchev–Trinajstić information content (AvgIpc) is 2.04. The van der Waals surface area contributed by atoms with Crippen molar-refractivity contribution in [3.05, 3.63) is 11.9 Å². The van der Waals surface area contributed by atoms with E-state index in [1.165, 1.54) is 0 Å². The van der Waals surface area contributed by atoms with Crippen molar-refractivity contribution in [2.75, 3.05) is 0 Å². The molecule has 1 aliphatic rings. The fraction of sp³-hybridized carbons (Fsp3) is 0.625. The van der Waals surface area contributed by atoms with E-state index >= 15 is 0 Å². The van der Waals surface area contributed by atoms with E-state index in [1.807, 2.05) is 0 Å². The van der Waals surface area contributed by atoms with Gasteiger partial charge in [-0.15, -0.1) is 0 Å². The van der Waals surface area contributed by atoms with E-state index in [0.29, 0.717) is 12.8 Å². The highest BCUT2D eigenvalue weighted by Gasteiger charge is 2.29. The molecule has 1 atom stereocenters. The summed E-state index contributed by atoms with van der Waals surface area (Å²) < 4.78 is 36.0. The number of carbonyl (C=O) groups excluding carboxylic acids is 1. The second kappa shape index (κ2) is 3.74. The van der Waals surface area contributed by atoms with Gasteiger partial charge in [-0.1, -0.05) is 6.42 Å². The minimum atomic E-state index is -2.35. The van der Waals surface area contributed by atoms with Gasteiger partial charge in [-0.05, 0) is 12.8 Å². The van der Waals surface area contributed by atoms with Crippen molar-refractivity contribution in [1.82, 2.24) is 0 Å². The summed E-state index contributed by atoms with van der Waals surface area (Å²) in [7, 11) is 0. The maximum Gasteiger partial charge on any atom is 0.302 e. The largest absolute Gasteiger partial charge is 0.302 e. The smallest absolute Gasteiger partial charge is 0.299 e. The molecule has 0 amide bonds. The SMILES string of the molecule is O=C1CCCCC1C(F)=C(F)F. The molecular weight excluding hydrogens is 169 g/mol. The Balaban J connectivity index is 2.73. The van der Waals surface area contributed by atoms with E-state index in [1.54, 1.807) is 0 Å². The zero-order valence-corrected chi connectivity index (χ0v) is 6.45. The number of Topliss-reactive ketones (excluding diaryl/α,β-unsaturated/α-hetero) is 1. The highest BCUT2D eigenvalue weighted by molar-refractivity contribution is 5.83. The van der Waals surface area contributed by atoms with Crippen LogP contribution in [0.3, 0.4) is 0 Å². The second-order valence-electron chi connectivity index (χ2n) is 2.87. The average molecular weight is 178 g/mol. The van der Waals surface area contributed by atoms with Crippen LogP contribution in [0.5, 0.6) is 0 Å². The molecule has 0 saturated heterocycles. The lowest BCUT2D eigenvalue weighted by molar-refractivity contribution is -0.123. The van der Waals surface area contributed by atoms with Crippen LogP contribution in [0, 0.1) is 5.92 Å². The van der Waals surface area contributed by atoms with Crippen LogP contribution in [0.25, 0.3) is 0 Å². The number of rotatable bonds is 1. The molecule has 1 nitrogen and oxygen atoms in total. The molecule has 0 aliphatic heterocycles. The van der Waals surface area contributed by atoms with Crippen molar-refractivity contribution in [2.45, 2.75) is 25.7 Å². The summed E-state index contributed by atoms with van der Waals surface area (Å²) in [6.07, 6.45) is -0.559. The molecular formula is C8H9F3O. The molecule has 68 valence electrons. The Morgan fingerprint density at radius 1 is 1.25 bits per heavy atom. The summed E-state index contributed by atoms with van der Waals surface area (Å²) in [4.78, 5) is 10.9. The predicted molar refractivity (Wildman–Crippen MR) is 37.3 cm³/mol. The number of carbonyl (C=O) groups is 1. The second-order valence-corrected chi connectivity index (χ2v) is 2.87. The minimum absolute atomic E-state index is 0.224. The van der Waals surface area contributed by atoms with Gasteiger partial charge in [0.25, 0.3) is 0 Å². The summed E-state index contributed by atoms with van der Waals surface area (Å²) >= 11 is 0. The van der Waals surface area contributed by atoms with Gasteiger partial charge in [0.05, 0.1) is 5.92 Å². The van der Waals surface area contributed by atoms with Crippen molar-refractivity contribution in [1.29, 1.82) is 0 Å². The summed E-state index contributed by atoms with van der Waals surface area (Å²) in [6, 6.07) is 0. The standard InChI is InChI=1S/C8H9F3O/c9-7(8(10)11)5-3-1-2-4-6(5)12/h5H,1-4H2. The van der Waals surface area contributed by atoms with Crippen LogP contribution in [0.2, 0.25) is 0 Å². The lowest BCUT2D eigenvalue weighted by atomic mass is 9.87. The quantitative estimate of drug-likeness (QED) is 0.603. The van der Waals surface area contributed by atoms with Gasteiger partial charge in [0, 0.05) is 6.42 Å². The zero-order chi connectivity index (χ0) is 9.14. The van der Waals surface area contributed by atoms with Gasteiger partial charge in [0.15, 0.2) is 5.83 Å². The molecule has 1 rings (SSSR count). The van der Waals surface area contributed by atoms with Crippen LogP contribution in [-0.2, 0) is 4.79 Å². The summed E-state index contributed by atoms with van der Waals surface area (Å²) in [5.41, 5.74) is 0. The number of halogens is 3. The van der Waals surface area contributed by atoms with Gasteiger partial charge in [-0.2, -0.15) is 8.78 Å². The molecule has 0 heterocycles. The Bertz CT molecular complexity index is 218. The van der Waals surface area contributed by atoms with Crippen molar-refractivity contribution < 1.29 is 18.0 Å². The molecule has 0 aromatic carbocycles. The summed E-state index contributed by atoms with van der Waals surface area (Å²) in [5, 5.41) is 0. The van der Waals surface area contributed by atoms with Gasteiger partial charge in [0.1, 0.15) is 5.78 Å². The van der Waals surface area contributed by atoms with Crippen LogP contribution in [0.1, 0.15) is 25.7 Å². The molecule has 0 N–H and O–H groups in total.